The normalized spacial score (nSPS) is 18.6. The summed E-state index contributed by atoms with van der Waals surface area (Å²) in [5.74, 6) is 2.09. The van der Waals surface area contributed by atoms with Crippen molar-refractivity contribution in [1.29, 1.82) is 0 Å². The second-order valence-corrected chi connectivity index (χ2v) is 13.0. The summed E-state index contributed by atoms with van der Waals surface area (Å²) < 4.78 is 5.56. The van der Waals surface area contributed by atoms with Gasteiger partial charge in [0.05, 0.1) is 19.2 Å². The molecule has 1 saturated heterocycles. The Morgan fingerprint density at radius 3 is 2.35 bits per heavy atom. The van der Waals surface area contributed by atoms with Crippen LogP contribution in [0.15, 0.2) is 47.7 Å². The Morgan fingerprint density at radius 2 is 1.67 bits per heavy atom. The molecule has 0 unspecified atom stereocenters. The second kappa shape index (κ2) is 14.1. The minimum atomic E-state index is -0.164. The van der Waals surface area contributed by atoms with E-state index in [1.54, 1.807) is 7.11 Å². The van der Waals surface area contributed by atoms with E-state index < -0.39 is 0 Å². The smallest absolute Gasteiger partial charge is 0.256 e. The number of hydrogen-bond acceptors (Lipinski definition) is 9. The van der Waals surface area contributed by atoms with E-state index in [1.807, 2.05) is 31.6 Å². The van der Waals surface area contributed by atoms with Crippen LogP contribution in [0.25, 0.3) is 21.9 Å². The van der Waals surface area contributed by atoms with Crippen molar-refractivity contribution in [3.05, 3.63) is 64.5 Å². The number of pyridine rings is 2. The van der Waals surface area contributed by atoms with Crippen molar-refractivity contribution in [2.75, 3.05) is 56.0 Å². The molecule has 1 aliphatic heterocycles. The number of nitrogens with zero attached hydrogens (tertiary/aromatic N) is 6. The number of methoxy groups -OCH3 is 1. The number of ether oxygens (including phenoxy) is 1. The third-order valence-electron chi connectivity index (χ3n) is 9.84. The average molecular weight is 625 g/mol. The third kappa shape index (κ3) is 6.67. The average Bonchev–Trinajstić information content (AvgIpc) is 3.08. The first-order chi connectivity index (χ1) is 22.4. The van der Waals surface area contributed by atoms with Crippen molar-refractivity contribution in [3.8, 4) is 16.9 Å². The molecule has 0 radical (unpaired) electrons. The van der Waals surface area contributed by atoms with Crippen molar-refractivity contribution in [2.45, 2.75) is 77.4 Å². The predicted molar refractivity (Wildman–Crippen MR) is 187 cm³/mol. The van der Waals surface area contributed by atoms with Gasteiger partial charge in [-0.05, 0) is 103 Å². The van der Waals surface area contributed by atoms with Gasteiger partial charge in [-0.3, -0.25) is 4.79 Å². The van der Waals surface area contributed by atoms with Crippen molar-refractivity contribution in [1.82, 2.24) is 24.8 Å². The van der Waals surface area contributed by atoms with E-state index in [4.69, 9.17) is 19.7 Å². The fraction of sp³-hybridized carbons (Fsp3) is 0.500. The molecule has 6 rings (SSSR count). The van der Waals surface area contributed by atoms with Gasteiger partial charge < -0.3 is 29.7 Å². The minimum Gasteiger partial charge on any atom is -0.496 e. The largest absolute Gasteiger partial charge is 0.496 e. The van der Waals surface area contributed by atoms with Gasteiger partial charge in [-0.15, -0.1) is 0 Å². The molecule has 0 atom stereocenters. The van der Waals surface area contributed by atoms with E-state index in [-0.39, 0.29) is 12.1 Å². The van der Waals surface area contributed by atoms with Crippen LogP contribution < -0.4 is 25.4 Å². The molecule has 1 aliphatic carbocycles. The van der Waals surface area contributed by atoms with Gasteiger partial charge in [0.25, 0.3) is 5.56 Å². The molecule has 2 aliphatic rings. The number of nitrogens with one attached hydrogen (secondary N) is 2. The fourth-order valence-electron chi connectivity index (χ4n) is 7.26. The van der Waals surface area contributed by atoms with Crippen LogP contribution in [0, 0.1) is 6.92 Å². The van der Waals surface area contributed by atoms with Crippen LogP contribution in [0.1, 0.15) is 63.1 Å². The van der Waals surface area contributed by atoms with Crippen LogP contribution in [0.4, 0.5) is 17.5 Å². The van der Waals surface area contributed by atoms with Gasteiger partial charge in [0.2, 0.25) is 5.95 Å². The maximum absolute atomic E-state index is 12.9. The molecule has 244 valence electrons. The van der Waals surface area contributed by atoms with Gasteiger partial charge in [0, 0.05) is 78.0 Å². The van der Waals surface area contributed by atoms with Crippen LogP contribution in [-0.4, -0.2) is 77.8 Å². The van der Waals surface area contributed by atoms with E-state index in [0.29, 0.717) is 23.4 Å². The Hall–Kier alpha value is -4.18. The van der Waals surface area contributed by atoms with E-state index >= 15 is 0 Å². The Labute approximate surface area is 272 Å². The SMILES string of the molecule is CCN(c1cc(-c2cnc(N3CCCCC3)nc2)cc2c(NCc3c(OC)cc(C)[nH]c3=O)nccc12)C1CCC(N(C)C)CC1. The molecule has 0 bridgehead atoms. The highest BCUT2D eigenvalue weighted by Crippen LogP contribution is 2.39. The molecule has 46 heavy (non-hydrogen) atoms. The van der Waals surface area contributed by atoms with E-state index in [9.17, 15) is 4.79 Å². The van der Waals surface area contributed by atoms with Gasteiger partial charge in [-0.2, -0.15) is 0 Å². The third-order valence-corrected chi connectivity index (χ3v) is 9.84. The molecule has 1 aromatic carbocycles. The number of aromatic amines is 1. The summed E-state index contributed by atoms with van der Waals surface area (Å²) in [5.41, 5.74) is 4.36. The molecule has 0 spiro atoms. The molecule has 4 aromatic rings. The quantitative estimate of drug-likeness (QED) is 0.220. The number of anilines is 3. The number of aromatic nitrogens is 4. The predicted octanol–water partition coefficient (Wildman–Crippen LogP) is 6.00. The van der Waals surface area contributed by atoms with Gasteiger partial charge in [0.1, 0.15) is 11.6 Å². The molecule has 4 heterocycles. The summed E-state index contributed by atoms with van der Waals surface area (Å²) in [6.45, 7) is 7.31. The Morgan fingerprint density at radius 1 is 0.957 bits per heavy atom. The lowest BCUT2D eigenvalue weighted by atomic mass is 9.88. The van der Waals surface area contributed by atoms with Gasteiger partial charge in [0.15, 0.2) is 0 Å². The van der Waals surface area contributed by atoms with Crippen molar-refractivity contribution >= 4 is 28.2 Å². The van der Waals surface area contributed by atoms with Crippen LogP contribution in [0.3, 0.4) is 0 Å². The number of fused-ring (bicyclic) bond motifs is 1. The van der Waals surface area contributed by atoms with Gasteiger partial charge in [-0.25, -0.2) is 15.0 Å². The zero-order valence-corrected chi connectivity index (χ0v) is 28.0. The minimum absolute atomic E-state index is 0.164. The van der Waals surface area contributed by atoms with E-state index in [2.05, 4.69) is 64.2 Å². The number of rotatable bonds is 10. The standard InChI is InChI=1S/C36H48N8O2/c1-6-44(28-12-10-27(11-13-28)42(3)4)32-20-25(26-21-39-36(40-22-26)43-16-8-7-9-17-43)19-30-29(32)14-15-37-34(30)38-23-31-33(46-5)18-24(2)41-35(31)45/h14-15,18-22,27-28H,6-13,16-17,23H2,1-5H3,(H,37,38)(H,41,45). The summed E-state index contributed by atoms with van der Waals surface area (Å²) in [6, 6.07) is 9.54. The number of aryl methyl sites for hydroxylation is 1. The zero-order chi connectivity index (χ0) is 32.2. The van der Waals surface area contributed by atoms with E-state index in [1.165, 1.54) is 37.8 Å². The van der Waals surface area contributed by atoms with Crippen LogP contribution in [-0.2, 0) is 6.54 Å². The lowest BCUT2D eigenvalue weighted by molar-refractivity contribution is 0.214. The fourth-order valence-corrected chi connectivity index (χ4v) is 7.26. The van der Waals surface area contributed by atoms with Crippen molar-refractivity contribution in [3.63, 3.8) is 0 Å². The number of benzene rings is 1. The summed E-state index contributed by atoms with van der Waals surface area (Å²) in [6.07, 6.45) is 14.1. The number of hydrogen-bond donors (Lipinski definition) is 2. The highest BCUT2D eigenvalue weighted by atomic mass is 16.5. The monoisotopic (exact) mass is 624 g/mol. The topological polar surface area (TPSA) is 103 Å². The number of piperidine rings is 1. The first-order valence-electron chi connectivity index (χ1n) is 16.8. The van der Waals surface area contributed by atoms with Gasteiger partial charge >= 0.3 is 0 Å². The molecular weight excluding hydrogens is 576 g/mol. The first-order valence-corrected chi connectivity index (χ1v) is 16.8. The zero-order valence-electron chi connectivity index (χ0n) is 28.0. The maximum Gasteiger partial charge on any atom is 0.256 e. The summed E-state index contributed by atoms with van der Waals surface area (Å²) in [5, 5.41) is 5.61. The summed E-state index contributed by atoms with van der Waals surface area (Å²) in [7, 11) is 5.98. The lowest BCUT2D eigenvalue weighted by Crippen LogP contribution is -2.42. The lowest BCUT2D eigenvalue weighted by Gasteiger charge is -2.40. The summed E-state index contributed by atoms with van der Waals surface area (Å²) >= 11 is 0. The highest BCUT2D eigenvalue weighted by Gasteiger charge is 2.28. The second-order valence-electron chi connectivity index (χ2n) is 13.0. The van der Waals surface area contributed by atoms with Crippen molar-refractivity contribution < 1.29 is 4.74 Å². The molecule has 0 amide bonds. The molecule has 1 saturated carbocycles. The maximum atomic E-state index is 12.9. The Kier molecular flexibility index (Phi) is 9.72. The molecule has 2 fully saturated rings. The molecule has 3 aromatic heterocycles. The summed E-state index contributed by atoms with van der Waals surface area (Å²) in [4.78, 5) is 37.4. The molecule has 10 nitrogen and oxygen atoms in total. The van der Waals surface area contributed by atoms with Crippen LogP contribution in [0.5, 0.6) is 5.75 Å². The van der Waals surface area contributed by atoms with Crippen LogP contribution in [0.2, 0.25) is 0 Å². The van der Waals surface area contributed by atoms with E-state index in [0.717, 1.165) is 71.8 Å². The Bertz CT molecular complexity index is 1690. The molecule has 10 heteroatoms. The molecule has 2 N–H and O–H groups in total. The van der Waals surface area contributed by atoms with Crippen LogP contribution >= 0.6 is 0 Å². The van der Waals surface area contributed by atoms with Gasteiger partial charge in [-0.1, -0.05) is 0 Å². The van der Waals surface area contributed by atoms with Crippen molar-refractivity contribution in [2.24, 2.45) is 0 Å². The molecular formula is C36H48N8O2. The Balaban J connectivity index is 1.40. The first kappa shape index (κ1) is 31.8. The number of H-pyrrole nitrogens is 1. The highest BCUT2D eigenvalue weighted by molar-refractivity contribution is 6.03.